The van der Waals surface area contributed by atoms with E-state index < -0.39 is 17.7 Å². The molecule has 0 bridgehead atoms. The van der Waals surface area contributed by atoms with Gasteiger partial charge in [0.1, 0.15) is 17.9 Å². The van der Waals surface area contributed by atoms with Gasteiger partial charge in [-0.05, 0) is 43.0 Å². The van der Waals surface area contributed by atoms with Gasteiger partial charge in [-0.1, -0.05) is 37.3 Å². The van der Waals surface area contributed by atoms with Crippen molar-refractivity contribution in [1.82, 2.24) is 5.32 Å². The first-order valence-electron chi connectivity index (χ1n) is 10.2. The highest BCUT2D eigenvalue weighted by molar-refractivity contribution is 5.86. The number of nitrogens with one attached hydrogen (secondary N) is 1. The van der Waals surface area contributed by atoms with Crippen molar-refractivity contribution in [2.45, 2.75) is 39.7 Å². The molecule has 3 aromatic rings. The molecule has 3 rings (SSSR count). The number of benzene rings is 2. The van der Waals surface area contributed by atoms with Crippen molar-refractivity contribution >= 4 is 23.0 Å². The monoisotopic (exact) mass is 423 g/mol. The molecular weight excluding hydrogens is 398 g/mol. The number of amides is 1. The van der Waals surface area contributed by atoms with E-state index in [1.54, 1.807) is 19.1 Å². The first kappa shape index (κ1) is 22.1. The number of carbonyl (C=O) groups excluding carboxylic acids is 2. The molecule has 0 unspecified atom stereocenters. The lowest BCUT2D eigenvalue weighted by atomic mass is 10.0. The van der Waals surface area contributed by atoms with Crippen LogP contribution in [-0.4, -0.2) is 18.6 Å². The Morgan fingerprint density at radius 2 is 1.87 bits per heavy atom. The fourth-order valence-electron chi connectivity index (χ4n) is 3.18. The van der Waals surface area contributed by atoms with E-state index in [4.69, 9.17) is 13.9 Å². The summed E-state index contributed by atoms with van der Waals surface area (Å²) in [6, 6.07) is 14.3. The zero-order valence-electron chi connectivity index (χ0n) is 17.6. The quantitative estimate of drug-likeness (QED) is 0.252. The van der Waals surface area contributed by atoms with Crippen molar-refractivity contribution in [2.24, 2.45) is 0 Å². The van der Waals surface area contributed by atoms with Gasteiger partial charge in [-0.2, -0.15) is 0 Å². The summed E-state index contributed by atoms with van der Waals surface area (Å²) >= 11 is 0. The molecule has 0 saturated heterocycles. The van der Waals surface area contributed by atoms with Gasteiger partial charge in [0.05, 0.1) is 0 Å². The third-order valence-corrected chi connectivity index (χ3v) is 4.84. The molecule has 1 amide bonds. The molecule has 0 atom stereocenters. The Morgan fingerprint density at radius 3 is 2.61 bits per heavy atom. The lowest BCUT2D eigenvalue weighted by molar-refractivity contribution is -0.134. The molecule has 1 N–H and O–H groups in total. The van der Waals surface area contributed by atoms with Gasteiger partial charge in [0.2, 0.25) is 0 Å². The molecule has 1 aromatic heterocycles. The van der Waals surface area contributed by atoms with E-state index in [0.29, 0.717) is 29.7 Å². The number of hydrogen-bond donors (Lipinski definition) is 1. The van der Waals surface area contributed by atoms with Crippen molar-refractivity contribution in [1.29, 1.82) is 0 Å². The van der Waals surface area contributed by atoms with E-state index in [-0.39, 0.29) is 19.6 Å². The zero-order valence-corrected chi connectivity index (χ0v) is 17.6. The van der Waals surface area contributed by atoms with Crippen LogP contribution in [0.5, 0.6) is 5.75 Å². The Kier molecular flexibility index (Phi) is 7.43. The van der Waals surface area contributed by atoms with Crippen molar-refractivity contribution in [3.63, 3.8) is 0 Å². The number of alkyl carbamates (subject to hydrolysis) is 1. The molecule has 0 saturated carbocycles. The molecule has 0 aliphatic rings. The molecule has 0 spiro atoms. The maximum absolute atomic E-state index is 12.2. The maximum atomic E-state index is 12.2. The normalized spacial score (nSPS) is 10.6. The number of rotatable bonds is 8. The van der Waals surface area contributed by atoms with E-state index in [0.717, 1.165) is 16.5 Å². The summed E-state index contributed by atoms with van der Waals surface area (Å²) < 4.78 is 15.9. The lowest BCUT2D eigenvalue weighted by Gasteiger charge is -2.11. The molecule has 0 aliphatic carbocycles. The Morgan fingerprint density at radius 1 is 1.10 bits per heavy atom. The minimum absolute atomic E-state index is 0.120. The molecular formula is C24H25NO6. The van der Waals surface area contributed by atoms with Crippen molar-refractivity contribution in [3.8, 4) is 5.75 Å². The summed E-state index contributed by atoms with van der Waals surface area (Å²) in [7, 11) is 0. The smallest absolute Gasteiger partial charge is 0.407 e. The summed E-state index contributed by atoms with van der Waals surface area (Å²) in [6.45, 7) is 4.18. The summed E-state index contributed by atoms with van der Waals surface area (Å²) in [5.74, 6) is -0.0833. The highest BCUT2D eigenvalue weighted by Gasteiger charge is 2.14. The van der Waals surface area contributed by atoms with Crippen molar-refractivity contribution < 1.29 is 23.5 Å². The average Bonchev–Trinajstić information content (AvgIpc) is 2.77. The van der Waals surface area contributed by atoms with Gasteiger partial charge in [0.25, 0.3) is 0 Å². The maximum Gasteiger partial charge on any atom is 0.407 e. The van der Waals surface area contributed by atoms with Gasteiger partial charge in [-0.15, -0.1) is 0 Å². The van der Waals surface area contributed by atoms with Crippen LogP contribution in [0.25, 0.3) is 11.0 Å². The van der Waals surface area contributed by atoms with Crippen LogP contribution in [0, 0.1) is 6.92 Å². The van der Waals surface area contributed by atoms with E-state index in [1.807, 2.05) is 37.3 Å². The number of ether oxygens (including phenoxy) is 2. The predicted molar refractivity (Wildman–Crippen MR) is 116 cm³/mol. The van der Waals surface area contributed by atoms with E-state index in [1.165, 1.54) is 6.07 Å². The van der Waals surface area contributed by atoms with Crippen LogP contribution in [-0.2, 0) is 22.6 Å². The summed E-state index contributed by atoms with van der Waals surface area (Å²) in [5.41, 5.74) is 2.38. The Hall–Kier alpha value is -3.61. The van der Waals surface area contributed by atoms with Gasteiger partial charge >= 0.3 is 17.7 Å². The van der Waals surface area contributed by atoms with E-state index in [2.05, 4.69) is 5.32 Å². The fraction of sp³-hybridized carbons (Fsp3) is 0.292. The molecule has 0 fully saturated rings. The lowest BCUT2D eigenvalue weighted by Crippen LogP contribution is -2.26. The van der Waals surface area contributed by atoms with Gasteiger partial charge in [-0.3, -0.25) is 4.79 Å². The number of fused-ring (bicyclic) bond motifs is 1. The van der Waals surface area contributed by atoms with Crippen LogP contribution in [0.3, 0.4) is 0 Å². The summed E-state index contributed by atoms with van der Waals surface area (Å²) in [5, 5.41) is 3.44. The van der Waals surface area contributed by atoms with Crippen LogP contribution >= 0.6 is 0 Å². The summed E-state index contributed by atoms with van der Waals surface area (Å²) in [6.07, 6.45) is 0.682. The van der Waals surface area contributed by atoms with Crippen LogP contribution in [0.1, 0.15) is 36.5 Å². The van der Waals surface area contributed by atoms with Gasteiger partial charge < -0.3 is 19.2 Å². The molecule has 2 aromatic carbocycles. The number of hydrogen-bond acceptors (Lipinski definition) is 6. The van der Waals surface area contributed by atoms with Gasteiger partial charge in [-0.25, -0.2) is 9.59 Å². The summed E-state index contributed by atoms with van der Waals surface area (Å²) in [4.78, 5) is 35.7. The highest BCUT2D eigenvalue weighted by atomic mass is 16.5. The molecule has 162 valence electrons. The number of carbonyl (C=O) groups is 2. The minimum atomic E-state index is -0.538. The number of aryl methyl sites for hydroxylation is 2. The van der Waals surface area contributed by atoms with E-state index in [9.17, 15) is 14.4 Å². The first-order chi connectivity index (χ1) is 15.0. The largest absolute Gasteiger partial charge is 0.445 e. The second-order valence-corrected chi connectivity index (χ2v) is 7.08. The van der Waals surface area contributed by atoms with Crippen LogP contribution in [0.15, 0.2) is 57.7 Å². The van der Waals surface area contributed by atoms with Crippen molar-refractivity contribution in [3.05, 3.63) is 75.6 Å². The second kappa shape index (κ2) is 10.4. The highest BCUT2D eigenvalue weighted by Crippen LogP contribution is 2.28. The zero-order chi connectivity index (χ0) is 22.2. The molecule has 7 heteroatoms. The van der Waals surface area contributed by atoms with E-state index >= 15 is 0 Å². The minimum Gasteiger partial charge on any atom is -0.445 e. The Bertz CT molecular complexity index is 1120. The Balaban J connectivity index is 1.47. The van der Waals surface area contributed by atoms with Gasteiger partial charge in [0, 0.05) is 30.0 Å². The third-order valence-electron chi connectivity index (χ3n) is 4.84. The SMILES string of the molecule is CCc1cc(=O)oc2c(C)c(OC(=O)CCCNC(=O)OCc3ccccc3)ccc12. The molecule has 1 heterocycles. The fourth-order valence-corrected chi connectivity index (χ4v) is 3.18. The second-order valence-electron chi connectivity index (χ2n) is 7.08. The standard InChI is InChI=1S/C24H25NO6/c1-3-18-14-22(27)31-23-16(2)20(12-11-19(18)23)30-21(26)10-7-13-25-24(28)29-15-17-8-5-4-6-9-17/h4-6,8-9,11-12,14H,3,7,10,13,15H2,1-2H3,(H,25,28). The van der Waals surface area contributed by atoms with Crippen LogP contribution in [0.2, 0.25) is 0 Å². The number of esters is 1. The topological polar surface area (TPSA) is 94.8 Å². The van der Waals surface area contributed by atoms with Crippen molar-refractivity contribution in [2.75, 3.05) is 6.54 Å². The molecule has 31 heavy (non-hydrogen) atoms. The molecule has 0 aliphatic heterocycles. The molecule has 7 nitrogen and oxygen atoms in total. The van der Waals surface area contributed by atoms with Crippen LogP contribution < -0.4 is 15.7 Å². The third kappa shape index (κ3) is 5.94. The Labute approximate surface area is 180 Å². The van der Waals surface area contributed by atoms with Crippen LogP contribution in [0.4, 0.5) is 4.79 Å². The predicted octanol–water partition coefficient (Wildman–Crippen LogP) is 4.28. The van der Waals surface area contributed by atoms with Gasteiger partial charge in [0.15, 0.2) is 0 Å². The average molecular weight is 423 g/mol. The first-order valence-corrected chi connectivity index (χ1v) is 10.2. The molecule has 0 radical (unpaired) electrons.